The lowest BCUT2D eigenvalue weighted by Crippen LogP contribution is -2.18. The van der Waals surface area contributed by atoms with Crippen molar-refractivity contribution >= 4 is 0 Å². The van der Waals surface area contributed by atoms with Crippen LogP contribution in [0.4, 0.5) is 0 Å². The quantitative estimate of drug-likeness (QED) is 0.691. The molecule has 0 atom stereocenters. The van der Waals surface area contributed by atoms with E-state index in [2.05, 4.69) is 23.5 Å². The minimum atomic E-state index is 0.833. The predicted molar refractivity (Wildman–Crippen MR) is 52.6 cm³/mol. The molecular weight excluding hydrogens is 162 g/mol. The Balaban J connectivity index is 1.61. The van der Waals surface area contributed by atoms with Crippen LogP contribution in [-0.2, 0) is 6.54 Å². The third kappa shape index (κ3) is 2.84. The van der Waals surface area contributed by atoms with Crippen LogP contribution in [0.15, 0.2) is 12.4 Å². The Hall–Kier alpha value is -0.830. The summed E-state index contributed by atoms with van der Waals surface area (Å²) in [6.45, 7) is 4.24. The van der Waals surface area contributed by atoms with E-state index < -0.39 is 0 Å². The summed E-state index contributed by atoms with van der Waals surface area (Å²) in [6.07, 6.45) is 7.94. The molecule has 1 aliphatic carbocycles. The Labute approximate surface area is 79.1 Å². The maximum atomic E-state index is 4.24. The van der Waals surface area contributed by atoms with Gasteiger partial charge in [0, 0.05) is 18.8 Å². The smallest absolute Gasteiger partial charge is 0.0518 e. The van der Waals surface area contributed by atoms with E-state index in [9.17, 15) is 0 Å². The van der Waals surface area contributed by atoms with Crippen molar-refractivity contribution in [2.24, 2.45) is 0 Å². The van der Waals surface area contributed by atoms with E-state index in [1.165, 1.54) is 24.8 Å². The number of nitrogens with one attached hydrogen (secondary N) is 1. The third-order valence-electron chi connectivity index (χ3n) is 2.34. The molecule has 0 amide bonds. The Bertz CT molecular complexity index is 263. The molecule has 3 heteroatoms. The summed E-state index contributed by atoms with van der Waals surface area (Å²) in [5.41, 5.74) is 1.25. The van der Waals surface area contributed by atoms with Crippen LogP contribution < -0.4 is 5.32 Å². The monoisotopic (exact) mass is 179 g/mol. The van der Waals surface area contributed by atoms with E-state index in [-0.39, 0.29) is 0 Å². The highest BCUT2D eigenvalue weighted by Crippen LogP contribution is 2.18. The standard InChI is InChI=1S/C10H17N3/c1-9-7-12-13(8-9)6-2-5-11-10-3-4-10/h7-8,10-11H,2-6H2,1H3. The summed E-state index contributed by atoms with van der Waals surface area (Å²) in [6, 6.07) is 0.833. The second kappa shape index (κ2) is 3.92. The molecule has 13 heavy (non-hydrogen) atoms. The van der Waals surface area contributed by atoms with Crippen LogP contribution >= 0.6 is 0 Å². The molecule has 0 radical (unpaired) electrons. The molecule has 1 heterocycles. The summed E-state index contributed by atoms with van der Waals surface area (Å²) >= 11 is 0. The minimum absolute atomic E-state index is 0.833. The average Bonchev–Trinajstić information content (AvgIpc) is 2.84. The maximum absolute atomic E-state index is 4.24. The second-order valence-corrected chi connectivity index (χ2v) is 3.86. The van der Waals surface area contributed by atoms with Crippen molar-refractivity contribution in [2.75, 3.05) is 6.54 Å². The fourth-order valence-electron chi connectivity index (χ4n) is 1.42. The zero-order chi connectivity index (χ0) is 9.10. The summed E-state index contributed by atoms with van der Waals surface area (Å²) in [7, 11) is 0. The van der Waals surface area contributed by atoms with Crippen molar-refractivity contribution in [3.05, 3.63) is 18.0 Å². The fraction of sp³-hybridized carbons (Fsp3) is 0.700. The molecule has 1 aliphatic rings. The summed E-state index contributed by atoms with van der Waals surface area (Å²) in [4.78, 5) is 0. The molecule has 0 aromatic carbocycles. The molecule has 1 aromatic heterocycles. The molecule has 2 rings (SSSR count). The van der Waals surface area contributed by atoms with Gasteiger partial charge in [-0.25, -0.2) is 0 Å². The largest absolute Gasteiger partial charge is 0.314 e. The highest BCUT2D eigenvalue weighted by molar-refractivity contribution is 4.99. The van der Waals surface area contributed by atoms with Crippen molar-refractivity contribution in [1.29, 1.82) is 0 Å². The van der Waals surface area contributed by atoms with E-state index in [1.807, 2.05) is 10.9 Å². The van der Waals surface area contributed by atoms with Crippen LogP contribution in [0.5, 0.6) is 0 Å². The molecule has 1 N–H and O–H groups in total. The normalized spacial score (nSPS) is 16.4. The lowest BCUT2D eigenvalue weighted by molar-refractivity contribution is 0.542. The van der Waals surface area contributed by atoms with Crippen LogP contribution in [0.25, 0.3) is 0 Å². The topological polar surface area (TPSA) is 29.9 Å². The zero-order valence-corrected chi connectivity index (χ0v) is 8.16. The molecule has 72 valence electrons. The van der Waals surface area contributed by atoms with Gasteiger partial charge in [0.1, 0.15) is 0 Å². The molecule has 1 fully saturated rings. The Morgan fingerprint density at radius 3 is 3.08 bits per heavy atom. The summed E-state index contributed by atoms with van der Waals surface area (Å²) in [5, 5.41) is 7.73. The van der Waals surface area contributed by atoms with E-state index in [4.69, 9.17) is 0 Å². The molecule has 1 saturated carbocycles. The molecule has 0 spiro atoms. The minimum Gasteiger partial charge on any atom is -0.314 e. The number of hydrogen-bond acceptors (Lipinski definition) is 2. The Kier molecular flexibility index (Phi) is 2.64. The van der Waals surface area contributed by atoms with Crippen LogP contribution in [-0.4, -0.2) is 22.4 Å². The lowest BCUT2D eigenvalue weighted by Gasteiger charge is -2.02. The van der Waals surface area contributed by atoms with Gasteiger partial charge in [-0.3, -0.25) is 4.68 Å². The third-order valence-corrected chi connectivity index (χ3v) is 2.34. The maximum Gasteiger partial charge on any atom is 0.0518 e. The van der Waals surface area contributed by atoms with Crippen LogP contribution in [0.1, 0.15) is 24.8 Å². The van der Waals surface area contributed by atoms with Gasteiger partial charge in [-0.15, -0.1) is 0 Å². The summed E-state index contributed by atoms with van der Waals surface area (Å²) in [5.74, 6) is 0. The van der Waals surface area contributed by atoms with Crippen LogP contribution in [0.3, 0.4) is 0 Å². The molecule has 0 unspecified atom stereocenters. The predicted octanol–water partition coefficient (Wildman–Crippen LogP) is 1.33. The van der Waals surface area contributed by atoms with Crippen molar-refractivity contribution in [3.8, 4) is 0 Å². The average molecular weight is 179 g/mol. The molecule has 0 saturated heterocycles. The van der Waals surface area contributed by atoms with Crippen molar-refractivity contribution < 1.29 is 0 Å². The molecule has 0 aliphatic heterocycles. The molecule has 0 bridgehead atoms. The van der Waals surface area contributed by atoms with Gasteiger partial charge in [-0.1, -0.05) is 0 Å². The first-order valence-corrected chi connectivity index (χ1v) is 5.07. The lowest BCUT2D eigenvalue weighted by atomic mass is 10.4. The molecule has 1 aromatic rings. The number of nitrogens with zero attached hydrogens (tertiary/aromatic N) is 2. The van der Waals surface area contributed by atoms with Crippen molar-refractivity contribution in [2.45, 2.75) is 38.8 Å². The Morgan fingerprint density at radius 2 is 2.46 bits per heavy atom. The van der Waals surface area contributed by atoms with Gasteiger partial charge < -0.3 is 5.32 Å². The zero-order valence-electron chi connectivity index (χ0n) is 8.16. The number of hydrogen-bond donors (Lipinski definition) is 1. The highest BCUT2D eigenvalue weighted by atomic mass is 15.3. The molecular formula is C10H17N3. The molecule has 3 nitrogen and oxygen atoms in total. The van der Waals surface area contributed by atoms with E-state index in [1.54, 1.807) is 0 Å². The van der Waals surface area contributed by atoms with Crippen LogP contribution in [0, 0.1) is 6.92 Å². The number of aryl methyl sites for hydroxylation is 2. The fourth-order valence-corrected chi connectivity index (χ4v) is 1.42. The van der Waals surface area contributed by atoms with Crippen LogP contribution in [0.2, 0.25) is 0 Å². The van der Waals surface area contributed by atoms with E-state index >= 15 is 0 Å². The van der Waals surface area contributed by atoms with Gasteiger partial charge in [0.25, 0.3) is 0 Å². The van der Waals surface area contributed by atoms with Gasteiger partial charge in [0.2, 0.25) is 0 Å². The van der Waals surface area contributed by atoms with Gasteiger partial charge in [-0.2, -0.15) is 5.10 Å². The van der Waals surface area contributed by atoms with Crippen molar-refractivity contribution in [3.63, 3.8) is 0 Å². The SMILES string of the molecule is Cc1cnn(CCCNC2CC2)c1. The van der Waals surface area contributed by atoms with Gasteiger partial charge >= 0.3 is 0 Å². The number of rotatable bonds is 5. The Morgan fingerprint density at radius 1 is 1.62 bits per heavy atom. The first-order valence-electron chi connectivity index (χ1n) is 5.07. The highest BCUT2D eigenvalue weighted by Gasteiger charge is 2.19. The van der Waals surface area contributed by atoms with Gasteiger partial charge in [0.05, 0.1) is 6.20 Å². The van der Waals surface area contributed by atoms with Gasteiger partial charge in [0.15, 0.2) is 0 Å². The first kappa shape index (κ1) is 8.75. The number of aromatic nitrogens is 2. The van der Waals surface area contributed by atoms with E-state index in [0.29, 0.717) is 0 Å². The summed E-state index contributed by atoms with van der Waals surface area (Å²) < 4.78 is 2.02. The second-order valence-electron chi connectivity index (χ2n) is 3.86. The first-order chi connectivity index (χ1) is 6.34. The van der Waals surface area contributed by atoms with Crippen molar-refractivity contribution in [1.82, 2.24) is 15.1 Å². The van der Waals surface area contributed by atoms with E-state index in [0.717, 1.165) is 19.1 Å². The van der Waals surface area contributed by atoms with Gasteiger partial charge in [-0.05, 0) is 38.3 Å².